The average Bonchev–Trinajstić information content (AvgIpc) is 2.43. The molecule has 1 saturated heterocycles. The summed E-state index contributed by atoms with van der Waals surface area (Å²) < 4.78 is 13.6. The maximum absolute atomic E-state index is 13.6. The Bertz CT molecular complexity index is 433. The predicted molar refractivity (Wildman–Crippen MR) is 83.6 cm³/mol. The number of benzene rings is 1. The first-order valence-corrected chi connectivity index (χ1v) is 7.89. The van der Waals surface area contributed by atoms with Gasteiger partial charge in [0.1, 0.15) is 5.82 Å². The summed E-state index contributed by atoms with van der Waals surface area (Å²) in [4.78, 5) is 2.45. The van der Waals surface area contributed by atoms with Gasteiger partial charge in [-0.3, -0.25) is 0 Å². The molecular formula is C17H27FN2. The van der Waals surface area contributed by atoms with Gasteiger partial charge < -0.3 is 10.2 Å². The molecule has 0 radical (unpaired) electrons. The highest BCUT2D eigenvalue weighted by Gasteiger charge is 2.26. The molecule has 1 N–H and O–H groups in total. The summed E-state index contributed by atoms with van der Waals surface area (Å²) in [5.41, 5.74) is 2.29. The van der Waals surface area contributed by atoms with Crippen molar-refractivity contribution in [3.05, 3.63) is 29.6 Å². The van der Waals surface area contributed by atoms with Crippen molar-refractivity contribution in [1.82, 2.24) is 5.32 Å². The van der Waals surface area contributed by atoms with Gasteiger partial charge in [-0.05, 0) is 62.4 Å². The van der Waals surface area contributed by atoms with E-state index < -0.39 is 0 Å². The zero-order valence-corrected chi connectivity index (χ0v) is 13.0. The van der Waals surface area contributed by atoms with Gasteiger partial charge in [0.15, 0.2) is 0 Å². The van der Waals surface area contributed by atoms with Crippen LogP contribution in [0.4, 0.5) is 10.1 Å². The highest BCUT2D eigenvalue weighted by molar-refractivity contribution is 5.55. The largest absolute Gasteiger partial charge is 0.368 e. The average molecular weight is 278 g/mol. The van der Waals surface area contributed by atoms with Crippen LogP contribution in [0.1, 0.15) is 45.6 Å². The molecule has 1 aromatic rings. The zero-order chi connectivity index (χ0) is 14.5. The Morgan fingerprint density at radius 1 is 1.35 bits per heavy atom. The maximum atomic E-state index is 13.6. The van der Waals surface area contributed by atoms with E-state index in [4.69, 9.17) is 0 Å². The fraction of sp³-hybridized carbons (Fsp3) is 0.647. The highest BCUT2D eigenvalue weighted by Crippen LogP contribution is 2.31. The van der Waals surface area contributed by atoms with Gasteiger partial charge in [-0.25, -0.2) is 4.39 Å². The molecule has 0 bridgehead atoms. The van der Waals surface area contributed by atoms with Crippen LogP contribution in [0.2, 0.25) is 0 Å². The van der Waals surface area contributed by atoms with Gasteiger partial charge in [0, 0.05) is 24.8 Å². The number of rotatable bonds is 5. The van der Waals surface area contributed by atoms with Gasteiger partial charge in [0.2, 0.25) is 0 Å². The number of nitrogens with one attached hydrogen (secondary N) is 1. The molecule has 2 nitrogen and oxygen atoms in total. The molecule has 0 spiro atoms. The molecule has 1 aliphatic heterocycles. The van der Waals surface area contributed by atoms with Crippen molar-refractivity contribution in [1.29, 1.82) is 0 Å². The molecule has 1 aromatic carbocycles. The summed E-state index contributed by atoms with van der Waals surface area (Å²) in [6, 6.07) is 5.75. The van der Waals surface area contributed by atoms with E-state index in [-0.39, 0.29) is 5.82 Å². The molecule has 3 heteroatoms. The van der Waals surface area contributed by atoms with E-state index in [0.717, 1.165) is 31.6 Å². The number of hydrogen-bond donors (Lipinski definition) is 1. The second-order valence-electron chi connectivity index (χ2n) is 6.00. The molecule has 0 aliphatic carbocycles. The van der Waals surface area contributed by atoms with Crippen molar-refractivity contribution in [3.8, 4) is 0 Å². The van der Waals surface area contributed by atoms with Crippen LogP contribution in [0.3, 0.4) is 0 Å². The third-order valence-corrected chi connectivity index (χ3v) is 4.47. The van der Waals surface area contributed by atoms with Crippen LogP contribution in [0, 0.1) is 11.7 Å². The molecule has 20 heavy (non-hydrogen) atoms. The fourth-order valence-corrected chi connectivity index (χ4v) is 3.05. The van der Waals surface area contributed by atoms with Gasteiger partial charge in [0.05, 0.1) is 0 Å². The summed E-state index contributed by atoms with van der Waals surface area (Å²) in [6.07, 6.45) is 3.62. The molecule has 1 aliphatic rings. The zero-order valence-electron chi connectivity index (χ0n) is 13.0. The van der Waals surface area contributed by atoms with E-state index in [2.05, 4.69) is 31.0 Å². The van der Waals surface area contributed by atoms with Gasteiger partial charge >= 0.3 is 0 Å². The Kier molecular flexibility index (Phi) is 5.41. The molecule has 112 valence electrons. The monoisotopic (exact) mass is 278 g/mol. The van der Waals surface area contributed by atoms with Gasteiger partial charge in [-0.15, -0.1) is 0 Å². The quantitative estimate of drug-likeness (QED) is 0.820. The van der Waals surface area contributed by atoms with Crippen molar-refractivity contribution in [2.24, 2.45) is 5.92 Å². The van der Waals surface area contributed by atoms with Crippen LogP contribution in [-0.4, -0.2) is 19.1 Å². The fourth-order valence-electron chi connectivity index (χ4n) is 3.05. The lowest BCUT2D eigenvalue weighted by Crippen LogP contribution is -2.43. The van der Waals surface area contributed by atoms with Crippen LogP contribution in [0.5, 0.6) is 0 Å². The summed E-state index contributed by atoms with van der Waals surface area (Å²) in [6.45, 7) is 9.55. The third-order valence-electron chi connectivity index (χ3n) is 4.47. The topological polar surface area (TPSA) is 15.3 Å². The number of anilines is 1. The predicted octanol–water partition coefficient (Wildman–Crippen LogP) is 3.95. The summed E-state index contributed by atoms with van der Waals surface area (Å²) in [5.74, 6) is 0.560. The lowest BCUT2D eigenvalue weighted by molar-refractivity contribution is 0.363. The minimum absolute atomic E-state index is 0.139. The van der Waals surface area contributed by atoms with E-state index >= 15 is 0 Å². The first kappa shape index (κ1) is 15.3. The van der Waals surface area contributed by atoms with Crippen molar-refractivity contribution >= 4 is 5.69 Å². The van der Waals surface area contributed by atoms with Crippen LogP contribution in [-0.2, 0) is 6.54 Å². The second kappa shape index (κ2) is 7.07. The van der Waals surface area contributed by atoms with E-state index in [1.165, 1.54) is 18.5 Å². The van der Waals surface area contributed by atoms with Crippen molar-refractivity contribution in [2.45, 2.75) is 52.6 Å². The second-order valence-corrected chi connectivity index (χ2v) is 6.00. The summed E-state index contributed by atoms with van der Waals surface area (Å²) in [5, 5.41) is 3.39. The van der Waals surface area contributed by atoms with Crippen molar-refractivity contribution < 1.29 is 4.39 Å². The normalized spacial score (nSPS) is 23.1. The van der Waals surface area contributed by atoms with Crippen LogP contribution in [0.15, 0.2) is 18.2 Å². The Balaban J connectivity index is 2.20. The molecule has 0 amide bonds. The third kappa shape index (κ3) is 3.51. The molecule has 2 atom stereocenters. The summed E-state index contributed by atoms with van der Waals surface area (Å²) >= 11 is 0. The minimum atomic E-state index is -0.139. The van der Waals surface area contributed by atoms with Crippen LogP contribution < -0.4 is 10.2 Å². The Morgan fingerprint density at radius 3 is 2.90 bits per heavy atom. The Hall–Kier alpha value is -1.09. The number of nitrogens with zero attached hydrogens (tertiary/aromatic N) is 1. The molecule has 0 saturated carbocycles. The summed E-state index contributed by atoms with van der Waals surface area (Å²) in [7, 11) is 0. The standard InChI is InChI=1S/C17H27FN2/c1-4-9-19-12-15-11-16(18)7-8-17(15)20-10-5-6-13(2)14(20)3/h7-8,11,13-14,19H,4-6,9-10,12H2,1-3H3. The highest BCUT2D eigenvalue weighted by atomic mass is 19.1. The SMILES string of the molecule is CCCNCc1cc(F)ccc1N1CCCC(C)C1C. The number of piperidine rings is 1. The van der Waals surface area contributed by atoms with Gasteiger partial charge in [-0.1, -0.05) is 13.8 Å². The molecular weight excluding hydrogens is 251 g/mol. The van der Waals surface area contributed by atoms with Crippen LogP contribution >= 0.6 is 0 Å². The number of halogens is 1. The van der Waals surface area contributed by atoms with Crippen molar-refractivity contribution in [2.75, 3.05) is 18.0 Å². The van der Waals surface area contributed by atoms with Gasteiger partial charge in [-0.2, -0.15) is 0 Å². The van der Waals surface area contributed by atoms with E-state index in [0.29, 0.717) is 12.0 Å². The van der Waals surface area contributed by atoms with Crippen LogP contribution in [0.25, 0.3) is 0 Å². The molecule has 0 aromatic heterocycles. The maximum Gasteiger partial charge on any atom is 0.123 e. The van der Waals surface area contributed by atoms with Gasteiger partial charge in [0.25, 0.3) is 0 Å². The van der Waals surface area contributed by atoms with Crippen molar-refractivity contribution in [3.63, 3.8) is 0 Å². The molecule has 2 rings (SSSR count). The van der Waals surface area contributed by atoms with E-state index in [1.807, 2.05) is 6.07 Å². The Morgan fingerprint density at radius 2 is 2.15 bits per heavy atom. The molecule has 1 heterocycles. The molecule has 2 unspecified atom stereocenters. The number of hydrogen-bond acceptors (Lipinski definition) is 2. The molecule has 1 fully saturated rings. The van der Waals surface area contributed by atoms with E-state index in [1.54, 1.807) is 12.1 Å². The first-order chi connectivity index (χ1) is 9.63. The van der Waals surface area contributed by atoms with E-state index in [9.17, 15) is 4.39 Å². The Labute approximate surface area is 122 Å². The first-order valence-electron chi connectivity index (χ1n) is 7.89. The lowest BCUT2D eigenvalue weighted by atomic mass is 9.91. The smallest absolute Gasteiger partial charge is 0.123 e. The minimum Gasteiger partial charge on any atom is -0.368 e. The lowest BCUT2D eigenvalue weighted by Gasteiger charge is -2.40.